The maximum Gasteiger partial charge on any atom is 0.222 e. The third-order valence-electron chi connectivity index (χ3n) is 8.03. The van der Waals surface area contributed by atoms with E-state index < -0.39 is 6.10 Å². The van der Waals surface area contributed by atoms with Gasteiger partial charge in [0.05, 0.1) is 12.7 Å². The van der Waals surface area contributed by atoms with E-state index in [1.807, 2.05) is 4.90 Å². The molecule has 0 spiro atoms. The second-order valence-corrected chi connectivity index (χ2v) is 11.7. The van der Waals surface area contributed by atoms with Crippen LogP contribution in [-0.2, 0) is 4.79 Å². The van der Waals surface area contributed by atoms with E-state index in [1.54, 1.807) is 0 Å². The minimum atomic E-state index is -0.834. The quantitative estimate of drug-likeness (QED) is 0.0957. The van der Waals surface area contributed by atoms with E-state index in [0.29, 0.717) is 18.9 Å². The molecule has 4 nitrogen and oxygen atoms in total. The molecule has 0 fully saturated rings. The Bertz CT molecular complexity index is 470. The van der Waals surface area contributed by atoms with Gasteiger partial charge in [-0.05, 0) is 18.8 Å². The Morgan fingerprint density at radius 2 is 1.03 bits per heavy atom. The summed E-state index contributed by atoms with van der Waals surface area (Å²) in [7, 11) is 0. The smallest absolute Gasteiger partial charge is 0.222 e. The zero-order valence-corrected chi connectivity index (χ0v) is 25.5. The molecule has 37 heavy (non-hydrogen) atoms. The Kier molecular flexibility index (Phi) is 27.9. The highest BCUT2D eigenvalue weighted by Gasteiger charge is 2.20. The van der Waals surface area contributed by atoms with Crippen LogP contribution < -0.4 is 0 Å². The van der Waals surface area contributed by atoms with E-state index in [-0.39, 0.29) is 19.1 Å². The van der Waals surface area contributed by atoms with Gasteiger partial charge in [-0.2, -0.15) is 0 Å². The Hall–Kier alpha value is -0.610. The maximum absolute atomic E-state index is 13.1. The van der Waals surface area contributed by atoms with E-state index in [9.17, 15) is 15.0 Å². The monoisotopic (exact) mass is 526 g/mol. The van der Waals surface area contributed by atoms with Gasteiger partial charge in [-0.15, -0.1) is 0 Å². The van der Waals surface area contributed by atoms with Crippen LogP contribution in [0, 0.1) is 5.92 Å². The number of unbranched alkanes of at least 4 members (excludes halogenated alkanes) is 19. The van der Waals surface area contributed by atoms with Crippen LogP contribution in [-0.4, -0.2) is 46.8 Å². The Balaban J connectivity index is 4.05. The van der Waals surface area contributed by atoms with E-state index in [4.69, 9.17) is 0 Å². The van der Waals surface area contributed by atoms with Crippen molar-refractivity contribution in [3.8, 4) is 0 Å². The lowest BCUT2D eigenvalue weighted by atomic mass is 9.94. The number of amides is 1. The minimum absolute atomic E-state index is 0.164. The van der Waals surface area contributed by atoms with Crippen molar-refractivity contribution in [1.29, 1.82) is 0 Å². The van der Waals surface area contributed by atoms with Gasteiger partial charge in [0.15, 0.2) is 0 Å². The largest absolute Gasteiger partial charge is 0.394 e. The molecule has 1 amide bonds. The molecule has 2 N–H and O–H groups in total. The van der Waals surface area contributed by atoms with Crippen molar-refractivity contribution < 1.29 is 15.0 Å². The summed E-state index contributed by atoms with van der Waals surface area (Å²) in [4.78, 5) is 14.9. The lowest BCUT2D eigenvalue weighted by molar-refractivity contribution is -0.134. The summed E-state index contributed by atoms with van der Waals surface area (Å²) < 4.78 is 0. The normalized spacial score (nSPS) is 13.1. The van der Waals surface area contributed by atoms with Crippen LogP contribution in [0.15, 0.2) is 0 Å². The zero-order chi connectivity index (χ0) is 27.4. The highest BCUT2D eigenvalue weighted by molar-refractivity contribution is 5.76. The summed E-state index contributed by atoms with van der Waals surface area (Å²) in [5, 5.41) is 19.3. The van der Waals surface area contributed by atoms with Gasteiger partial charge in [0.2, 0.25) is 5.91 Å². The molecule has 0 aromatic rings. The summed E-state index contributed by atoms with van der Waals surface area (Å²) in [5.74, 6) is 0.602. The van der Waals surface area contributed by atoms with Gasteiger partial charge in [-0.25, -0.2) is 0 Å². The molecule has 0 saturated carbocycles. The molecule has 0 aliphatic rings. The molecule has 0 heterocycles. The number of carbonyl (C=O) groups is 1. The van der Waals surface area contributed by atoms with Gasteiger partial charge in [0, 0.05) is 19.5 Å². The minimum Gasteiger partial charge on any atom is -0.394 e. The number of nitrogens with zero attached hydrogens (tertiary/aromatic N) is 1. The molecule has 0 aliphatic carbocycles. The van der Waals surface area contributed by atoms with Gasteiger partial charge in [0.25, 0.3) is 0 Å². The number of rotatable bonds is 29. The van der Waals surface area contributed by atoms with Crippen molar-refractivity contribution in [3.05, 3.63) is 0 Å². The molecule has 0 aromatic heterocycles. The average Bonchev–Trinajstić information content (AvgIpc) is 2.91. The van der Waals surface area contributed by atoms with Crippen molar-refractivity contribution in [2.45, 2.75) is 181 Å². The van der Waals surface area contributed by atoms with E-state index in [0.717, 1.165) is 25.7 Å². The fourth-order valence-electron chi connectivity index (χ4n) is 5.34. The summed E-state index contributed by atoms with van der Waals surface area (Å²) in [6, 6.07) is 0. The Morgan fingerprint density at radius 3 is 1.43 bits per heavy atom. The third-order valence-corrected chi connectivity index (χ3v) is 8.03. The fourth-order valence-corrected chi connectivity index (χ4v) is 5.34. The molecule has 0 bridgehead atoms. The van der Waals surface area contributed by atoms with Crippen LogP contribution >= 0.6 is 0 Å². The van der Waals surface area contributed by atoms with Gasteiger partial charge in [-0.3, -0.25) is 4.79 Å². The highest BCUT2D eigenvalue weighted by Crippen LogP contribution is 2.20. The molecule has 0 aromatic carbocycles. The van der Waals surface area contributed by atoms with E-state index in [2.05, 4.69) is 20.8 Å². The molecule has 4 heteroatoms. The SMILES string of the molecule is CCCCCCCCCCCCCCCCN(CC(O)CO)C(=O)CC(CC)CCCCCCCCC. The molecule has 0 aliphatic heterocycles. The van der Waals surface area contributed by atoms with Crippen LogP contribution in [0.1, 0.15) is 175 Å². The lowest BCUT2D eigenvalue weighted by Crippen LogP contribution is -2.40. The van der Waals surface area contributed by atoms with Crippen molar-refractivity contribution in [2.75, 3.05) is 19.7 Å². The molecule has 2 atom stereocenters. The third kappa shape index (κ3) is 24.2. The van der Waals surface area contributed by atoms with Gasteiger partial charge in [0.1, 0.15) is 0 Å². The van der Waals surface area contributed by atoms with Crippen LogP contribution in [0.4, 0.5) is 0 Å². The number of hydrogen-bond donors (Lipinski definition) is 2. The molecule has 0 radical (unpaired) electrons. The number of carbonyl (C=O) groups excluding carboxylic acids is 1. The standard InChI is InChI=1S/C33H67NO3/c1-4-7-9-11-13-14-15-16-17-18-19-21-23-25-27-34(29-32(36)30-35)33(37)28-31(6-3)26-24-22-20-12-10-8-5-2/h31-32,35-36H,4-30H2,1-3H3. The summed E-state index contributed by atoms with van der Waals surface area (Å²) >= 11 is 0. The molecular formula is C33H67NO3. The van der Waals surface area contributed by atoms with Crippen LogP contribution in [0.25, 0.3) is 0 Å². The van der Waals surface area contributed by atoms with Crippen molar-refractivity contribution >= 4 is 5.91 Å². The molecule has 2 unspecified atom stereocenters. The fraction of sp³-hybridized carbons (Fsp3) is 0.970. The van der Waals surface area contributed by atoms with Gasteiger partial charge in [-0.1, -0.05) is 156 Å². The zero-order valence-electron chi connectivity index (χ0n) is 25.5. The number of aliphatic hydroxyl groups excluding tert-OH is 2. The Labute approximate surface area is 232 Å². The predicted molar refractivity (Wildman–Crippen MR) is 161 cm³/mol. The molecule has 222 valence electrons. The first-order valence-electron chi connectivity index (χ1n) is 16.7. The van der Waals surface area contributed by atoms with Crippen molar-refractivity contribution in [2.24, 2.45) is 5.92 Å². The van der Waals surface area contributed by atoms with Gasteiger partial charge < -0.3 is 15.1 Å². The Morgan fingerprint density at radius 1 is 0.622 bits per heavy atom. The van der Waals surface area contributed by atoms with Crippen molar-refractivity contribution in [1.82, 2.24) is 4.90 Å². The maximum atomic E-state index is 13.1. The van der Waals surface area contributed by atoms with E-state index >= 15 is 0 Å². The van der Waals surface area contributed by atoms with Crippen molar-refractivity contribution in [3.63, 3.8) is 0 Å². The predicted octanol–water partition coefficient (Wildman–Crippen LogP) is 9.21. The summed E-state index contributed by atoms with van der Waals surface area (Å²) in [6.45, 7) is 7.42. The van der Waals surface area contributed by atoms with Crippen LogP contribution in [0.5, 0.6) is 0 Å². The molecule has 0 rings (SSSR count). The summed E-state index contributed by atoms with van der Waals surface area (Å²) in [6.07, 6.45) is 29.6. The first kappa shape index (κ1) is 36.4. The lowest BCUT2D eigenvalue weighted by Gasteiger charge is -2.27. The molecule has 0 saturated heterocycles. The van der Waals surface area contributed by atoms with E-state index in [1.165, 1.54) is 122 Å². The molecular weight excluding hydrogens is 458 g/mol. The topological polar surface area (TPSA) is 60.8 Å². The van der Waals surface area contributed by atoms with Crippen LogP contribution in [0.3, 0.4) is 0 Å². The highest BCUT2D eigenvalue weighted by atomic mass is 16.3. The van der Waals surface area contributed by atoms with Gasteiger partial charge >= 0.3 is 0 Å². The second-order valence-electron chi connectivity index (χ2n) is 11.7. The first-order valence-corrected chi connectivity index (χ1v) is 16.7. The second kappa shape index (κ2) is 28.4. The summed E-state index contributed by atoms with van der Waals surface area (Å²) in [5.41, 5.74) is 0. The first-order chi connectivity index (χ1) is 18.1. The van der Waals surface area contributed by atoms with Crippen LogP contribution in [0.2, 0.25) is 0 Å². The number of aliphatic hydroxyl groups is 2. The number of hydrogen-bond acceptors (Lipinski definition) is 3. The average molecular weight is 526 g/mol.